The van der Waals surface area contributed by atoms with Gasteiger partial charge in [0.1, 0.15) is 22.9 Å². The zero-order chi connectivity index (χ0) is 25.2. The third-order valence-electron chi connectivity index (χ3n) is 6.32. The predicted molar refractivity (Wildman–Crippen MR) is 118 cm³/mol. The average molecular weight is 496 g/mol. The Labute approximate surface area is 198 Å². The maximum Gasteiger partial charge on any atom is 0.432 e. The lowest BCUT2D eigenvalue weighted by Crippen LogP contribution is -2.25. The molecular formula is C27H23F7O. The van der Waals surface area contributed by atoms with Crippen molar-refractivity contribution in [2.75, 3.05) is 0 Å². The van der Waals surface area contributed by atoms with Crippen molar-refractivity contribution in [1.82, 2.24) is 0 Å². The summed E-state index contributed by atoms with van der Waals surface area (Å²) in [5.74, 6) is -9.18. The van der Waals surface area contributed by atoms with Crippen LogP contribution in [0.2, 0.25) is 0 Å². The summed E-state index contributed by atoms with van der Waals surface area (Å²) < 4.78 is 102. The first-order chi connectivity index (χ1) is 16.6. The summed E-state index contributed by atoms with van der Waals surface area (Å²) in [4.78, 5) is 0. The molecule has 3 aromatic carbocycles. The average Bonchev–Trinajstić information content (AvgIpc) is 3.05. The molecule has 1 aliphatic rings. The standard InChI is InChI=1S/C27H23F7O/c28-21-12-19(18-9-7-17(8-10-18)11-16-5-3-1-2-4-6-16)13-22(29)25(21)27(33,34)35-20-14-23(30)26(32)24(31)15-20/h7-10,12-16H,1-6,11H2. The van der Waals surface area contributed by atoms with Crippen molar-refractivity contribution >= 4 is 0 Å². The lowest BCUT2D eigenvalue weighted by Gasteiger charge is -2.20. The number of ether oxygens (including phenoxy) is 1. The van der Waals surface area contributed by atoms with Crippen LogP contribution in [0.3, 0.4) is 0 Å². The Morgan fingerprint density at radius 3 is 1.77 bits per heavy atom. The summed E-state index contributed by atoms with van der Waals surface area (Å²) in [5, 5.41) is 0. The molecule has 0 atom stereocenters. The Bertz CT molecular complexity index is 1140. The second-order valence-electron chi connectivity index (χ2n) is 8.89. The molecule has 0 saturated heterocycles. The minimum Gasteiger partial charge on any atom is -0.429 e. The minimum atomic E-state index is -4.62. The van der Waals surface area contributed by atoms with Gasteiger partial charge in [0, 0.05) is 12.1 Å². The molecule has 1 aliphatic carbocycles. The van der Waals surface area contributed by atoms with Crippen LogP contribution in [0.1, 0.15) is 49.7 Å². The maximum atomic E-state index is 14.6. The Kier molecular flexibility index (Phi) is 7.38. The molecule has 1 saturated carbocycles. The van der Waals surface area contributed by atoms with E-state index in [0.29, 0.717) is 11.5 Å². The van der Waals surface area contributed by atoms with Crippen LogP contribution in [0.15, 0.2) is 48.5 Å². The highest BCUT2D eigenvalue weighted by atomic mass is 19.3. The fraction of sp³-hybridized carbons (Fsp3) is 0.333. The van der Waals surface area contributed by atoms with Crippen LogP contribution < -0.4 is 4.74 Å². The Morgan fingerprint density at radius 1 is 0.686 bits per heavy atom. The lowest BCUT2D eigenvalue weighted by atomic mass is 9.91. The van der Waals surface area contributed by atoms with Gasteiger partial charge in [0.15, 0.2) is 17.5 Å². The number of benzene rings is 3. The Hall–Kier alpha value is -3.03. The quantitative estimate of drug-likeness (QED) is 0.188. The smallest absolute Gasteiger partial charge is 0.429 e. The molecule has 35 heavy (non-hydrogen) atoms. The predicted octanol–water partition coefficient (Wildman–Crippen LogP) is 8.69. The molecule has 3 aromatic rings. The van der Waals surface area contributed by atoms with Crippen LogP contribution in [-0.2, 0) is 12.5 Å². The van der Waals surface area contributed by atoms with Crippen LogP contribution in [-0.4, -0.2) is 0 Å². The summed E-state index contributed by atoms with van der Waals surface area (Å²) in [6, 6.07) is 8.87. The molecule has 4 rings (SSSR count). The van der Waals surface area contributed by atoms with Gasteiger partial charge < -0.3 is 4.74 Å². The first-order valence-corrected chi connectivity index (χ1v) is 11.4. The molecule has 0 aliphatic heterocycles. The molecule has 0 heterocycles. The Balaban J connectivity index is 1.54. The van der Waals surface area contributed by atoms with E-state index in [-0.39, 0.29) is 17.7 Å². The second-order valence-corrected chi connectivity index (χ2v) is 8.89. The number of halogens is 7. The highest BCUT2D eigenvalue weighted by Crippen LogP contribution is 2.38. The number of hydrogen-bond acceptors (Lipinski definition) is 1. The van der Waals surface area contributed by atoms with Gasteiger partial charge in [0.05, 0.1) is 0 Å². The van der Waals surface area contributed by atoms with E-state index in [1.807, 2.05) is 12.1 Å². The molecule has 186 valence electrons. The molecule has 0 radical (unpaired) electrons. The number of hydrogen-bond donors (Lipinski definition) is 0. The second kappa shape index (κ2) is 10.3. The molecule has 8 heteroatoms. The van der Waals surface area contributed by atoms with E-state index >= 15 is 0 Å². The summed E-state index contributed by atoms with van der Waals surface area (Å²) in [6.45, 7) is 0. The van der Waals surface area contributed by atoms with Gasteiger partial charge in [-0.2, -0.15) is 8.78 Å². The summed E-state index contributed by atoms with van der Waals surface area (Å²) in [7, 11) is 0. The SMILES string of the molecule is Fc1cc(OC(F)(F)c2c(F)cc(-c3ccc(CC4CCCCCC4)cc3)cc2F)cc(F)c1F. The zero-order valence-corrected chi connectivity index (χ0v) is 18.7. The fourth-order valence-electron chi connectivity index (χ4n) is 4.54. The van der Waals surface area contributed by atoms with E-state index in [1.165, 1.54) is 38.5 Å². The molecular weight excluding hydrogens is 473 g/mol. The van der Waals surface area contributed by atoms with E-state index in [1.54, 1.807) is 12.1 Å². The lowest BCUT2D eigenvalue weighted by molar-refractivity contribution is -0.189. The van der Waals surface area contributed by atoms with Gasteiger partial charge in [-0.05, 0) is 41.2 Å². The van der Waals surface area contributed by atoms with Crippen molar-refractivity contribution in [3.8, 4) is 16.9 Å². The molecule has 0 bridgehead atoms. The Morgan fingerprint density at radius 2 is 1.23 bits per heavy atom. The monoisotopic (exact) mass is 496 g/mol. The molecule has 0 amide bonds. The highest BCUT2D eigenvalue weighted by molar-refractivity contribution is 5.64. The van der Waals surface area contributed by atoms with Gasteiger partial charge in [-0.25, -0.2) is 22.0 Å². The van der Waals surface area contributed by atoms with E-state index < -0.39 is 46.5 Å². The zero-order valence-electron chi connectivity index (χ0n) is 18.7. The molecule has 0 spiro atoms. The van der Waals surface area contributed by atoms with Crippen LogP contribution in [0.4, 0.5) is 30.7 Å². The van der Waals surface area contributed by atoms with Gasteiger partial charge >= 0.3 is 6.11 Å². The van der Waals surface area contributed by atoms with E-state index in [9.17, 15) is 30.7 Å². The van der Waals surface area contributed by atoms with Crippen molar-refractivity contribution in [1.29, 1.82) is 0 Å². The van der Waals surface area contributed by atoms with E-state index in [4.69, 9.17) is 0 Å². The molecule has 1 nitrogen and oxygen atoms in total. The van der Waals surface area contributed by atoms with E-state index in [2.05, 4.69) is 4.74 Å². The van der Waals surface area contributed by atoms with Crippen LogP contribution in [0.25, 0.3) is 11.1 Å². The minimum absolute atomic E-state index is 0.0411. The first-order valence-electron chi connectivity index (χ1n) is 11.4. The van der Waals surface area contributed by atoms with Gasteiger partial charge in [0.25, 0.3) is 0 Å². The van der Waals surface area contributed by atoms with Crippen molar-refractivity contribution in [3.63, 3.8) is 0 Å². The van der Waals surface area contributed by atoms with Crippen molar-refractivity contribution in [3.05, 3.63) is 88.7 Å². The van der Waals surface area contributed by atoms with Gasteiger partial charge in [-0.3, -0.25) is 0 Å². The molecule has 0 aromatic heterocycles. The maximum absolute atomic E-state index is 14.6. The summed E-state index contributed by atoms with van der Waals surface area (Å²) in [5.41, 5.74) is -0.154. The normalized spacial score (nSPS) is 15.2. The van der Waals surface area contributed by atoms with Crippen molar-refractivity contribution in [2.45, 2.75) is 51.1 Å². The van der Waals surface area contributed by atoms with Crippen LogP contribution >= 0.6 is 0 Å². The first kappa shape index (κ1) is 25.1. The van der Waals surface area contributed by atoms with Crippen LogP contribution in [0.5, 0.6) is 5.75 Å². The van der Waals surface area contributed by atoms with E-state index in [0.717, 1.165) is 24.1 Å². The summed E-state index contributed by atoms with van der Waals surface area (Å²) in [6.07, 6.45) is 3.58. The van der Waals surface area contributed by atoms with Crippen molar-refractivity contribution < 1.29 is 35.5 Å². The molecule has 1 fully saturated rings. The highest BCUT2D eigenvalue weighted by Gasteiger charge is 2.41. The van der Waals surface area contributed by atoms with Gasteiger partial charge in [-0.1, -0.05) is 62.8 Å². The largest absolute Gasteiger partial charge is 0.432 e. The fourth-order valence-corrected chi connectivity index (χ4v) is 4.54. The topological polar surface area (TPSA) is 9.23 Å². The summed E-state index contributed by atoms with van der Waals surface area (Å²) >= 11 is 0. The number of alkyl halides is 2. The van der Waals surface area contributed by atoms with Crippen LogP contribution in [0, 0.1) is 35.0 Å². The number of rotatable bonds is 6. The van der Waals surface area contributed by atoms with Gasteiger partial charge in [0.2, 0.25) is 0 Å². The molecule has 0 N–H and O–H groups in total. The third kappa shape index (κ3) is 5.80. The van der Waals surface area contributed by atoms with Crippen molar-refractivity contribution in [2.24, 2.45) is 5.92 Å². The molecule has 0 unspecified atom stereocenters. The van der Waals surface area contributed by atoms with Gasteiger partial charge in [-0.15, -0.1) is 0 Å². The third-order valence-corrected chi connectivity index (χ3v) is 6.32.